The number of carbonyl (C=O) groups excluding carboxylic acids is 3. The average molecular weight is 345 g/mol. The van der Waals surface area contributed by atoms with Gasteiger partial charge in [0.25, 0.3) is 5.91 Å². The van der Waals surface area contributed by atoms with Crippen LogP contribution >= 0.6 is 0 Å². The number of fused-ring (bicyclic) bond motifs is 1. The van der Waals surface area contributed by atoms with Crippen molar-refractivity contribution in [2.24, 2.45) is 0 Å². The minimum Gasteiger partial charge on any atom is -0.398 e. The highest BCUT2D eigenvalue weighted by Crippen LogP contribution is 2.24. The van der Waals surface area contributed by atoms with Crippen LogP contribution in [0.5, 0.6) is 0 Å². The fraction of sp³-hybridized carbons (Fsp3) is 0.471. The molecule has 0 bridgehead atoms. The molecule has 0 saturated carbocycles. The molecule has 0 aliphatic carbocycles. The molecule has 1 unspecified atom stereocenters. The number of piperidine rings is 1. The Morgan fingerprint density at radius 3 is 2.76 bits per heavy atom. The first-order valence-corrected chi connectivity index (χ1v) is 8.42. The average Bonchev–Trinajstić information content (AvgIpc) is 2.67. The zero-order valence-electron chi connectivity index (χ0n) is 14.2. The molecule has 2 aliphatic heterocycles. The summed E-state index contributed by atoms with van der Waals surface area (Å²) >= 11 is 0. The van der Waals surface area contributed by atoms with Gasteiger partial charge in [0.05, 0.1) is 17.7 Å². The molecule has 1 atom stereocenters. The summed E-state index contributed by atoms with van der Waals surface area (Å²) in [6, 6.07) is 4.06. The van der Waals surface area contributed by atoms with Crippen LogP contribution in [0.15, 0.2) is 18.2 Å². The number of rotatable bonds is 3. The van der Waals surface area contributed by atoms with Gasteiger partial charge in [0.1, 0.15) is 6.04 Å². The number of nitrogen functional groups attached to an aromatic ring is 1. The molecule has 5 N–H and O–H groups in total. The summed E-state index contributed by atoms with van der Waals surface area (Å²) < 4.78 is 0. The van der Waals surface area contributed by atoms with Gasteiger partial charge in [0.15, 0.2) is 0 Å². The second-order valence-corrected chi connectivity index (χ2v) is 6.63. The van der Waals surface area contributed by atoms with Crippen molar-refractivity contribution in [1.82, 2.24) is 15.5 Å². The largest absolute Gasteiger partial charge is 0.398 e. The van der Waals surface area contributed by atoms with Gasteiger partial charge in [-0.3, -0.25) is 14.4 Å². The van der Waals surface area contributed by atoms with Crippen molar-refractivity contribution in [3.05, 3.63) is 23.8 Å². The lowest BCUT2D eigenvalue weighted by Crippen LogP contribution is -2.48. The van der Waals surface area contributed by atoms with Crippen molar-refractivity contribution in [3.63, 3.8) is 0 Å². The normalized spacial score (nSPS) is 21.7. The molecular weight excluding hydrogens is 322 g/mol. The first kappa shape index (κ1) is 17.2. The molecule has 0 radical (unpaired) electrons. The number of nitrogens with zero attached hydrogens (tertiary/aromatic N) is 1. The summed E-state index contributed by atoms with van der Waals surface area (Å²) in [6.45, 7) is 1.86. The molecule has 25 heavy (non-hydrogen) atoms. The van der Waals surface area contributed by atoms with Crippen molar-refractivity contribution in [1.29, 1.82) is 0 Å². The molecule has 8 nitrogen and oxygen atoms in total. The topological polar surface area (TPSA) is 117 Å². The molecule has 3 rings (SSSR count). The maximum atomic E-state index is 12.4. The van der Waals surface area contributed by atoms with Crippen molar-refractivity contribution < 1.29 is 14.4 Å². The molecule has 1 aromatic carbocycles. The van der Waals surface area contributed by atoms with Gasteiger partial charge in [-0.15, -0.1) is 0 Å². The Morgan fingerprint density at radius 1 is 1.32 bits per heavy atom. The van der Waals surface area contributed by atoms with Crippen LogP contribution in [0.3, 0.4) is 0 Å². The van der Waals surface area contributed by atoms with Crippen LogP contribution in [0.2, 0.25) is 0 Å². The number of benzene rings is 1. The Morgan fingerprint density at radius 2 is 2.04 bits per heavy atom. The van der Waals surface area contributed by atoms with Gasteiger partial charge in [-0.2, -0.15) is 0 Å². The van der Waals surface area contributed by atoms with Crippen LogP contribution in [0.25, 0.3) is 0 Å². The SMILES string of the molecule is CN1CCC(NC(=O)CC2NC(=O)c3c(N)cccc3NC2=O)CC1. The van der Waals surface area contributed by atoms with E-state index in [1.807, 2.05) is 7.05 Å². The van der Waals surface area contributed by atoms with E-state index < -0.39 is 17.9 Å². The predicted molar refractivity (Wildman–Crippen MR) is 94.0 cm³/mol. The Hall–Kier alpha value is -2.61. The van der Waals surface area contributed by atoms with E-state index in [1.54, 1.807) is 18.2 Å². The van der Waals surface area contributed by atoms with Crippen molar-refractivity contribution in [2.45, 2.75) is 31.3 Å². The maximum absolute atomic E-state index is 12.4. The standard InChI is InChI=1S/C17H23N5O3/c1-22-7-5-10(6-8-22)19-14(23)9-13-16(24)20-12-4-2-3-11(18)15(12)17(25)21-13/h2-4,10,13H,5-9,18H2,1H3,(H,19,23)(H,20,24)(H,21,25). The first-order valence-electron chi connectivity index (χ1n) is 8.42. The monoisotopic (exact) mass is 345 g/mol. The fourth-order valence-electron chi connectivity index (χ4n) is 3.21. The molecule has 3 amide bonds. The van der Waals surface area contributed by atoms with Gasteiger partial charge in [-0.1, -0.05) is 6.07 Å². The molecule has 8 heteroatoms. The summed E-state index contributed by atoms with van der Waals surface area (Å²) in [6.07, 6.45) is 1.67. The van der Waals surface area contributed by atoms with Crippen molar-refractivity contribution >= 4 is 29.1 Å². The highest BCUT2D eigenvalue weighted by Gasteiger charge is 2.31. The van der Waals surface area contributed by atoms with Gasteiger partial charge < -0.3 is 26.6 Å². The van der Waals surface area contributed by atoms with E-state index in [1.165, 1.54) is 0 Å². The second kappa shape index (κ2) is 7.10. The van der Waals surface area contributed by atoms with E-state index in [2.05, 4.69) is 20.9 Å². The Labute approximate surface area is 146 Å². The molecule has 1 aromatic rings. The zero-order chi connectivity index (χ0) is 18.0. The summed E-state index contributed by atoms with van der Waals surface area (Å²) in [5.41, 5.74) is 6.71. The number of nitrogens with one attached hydrogen (secondary N) is 3. The highest BCUT2D eigenvalue weighted by molar-refractivity contribution is 6.13. The minimum absolute atomic E-state index is 0.0994. The van der Waals surface area contributed by atoms with E-state index in [0.717, 1.165) is 25.9 Å². The Bertz CT molecular complexity index is 698. The second-order valence-electron chi connectivity index (χ2n) is 6.63. The van der Waals surface area contributed by atoms with E-state index in [0.29, 0.717) is 5.69 Å². The Kier molecular flexibility index (Phi) is 4.89. The van der Waals surface area contributed by atoms with E-state index in [-0.39, 0.29) is 29.6 Å². The molecule has 2 heterocycles. The summed E-state index contributed by atoms with van der Waals surface area (Å²) in [5.74, 6) is -1.12. The molecule has 2 aliphatic rings. The number of amides is 3. The van der Waals surface area contributed by atoms with E-state index in [9.17, 15) is 14.4 Å². The zero-order valence-corrected chi connectivity index (χ0v) is 14.2. The lowest BCUT2D eigenvalue weighted by molar-refractivity contribution is -0.126. The van der Waals surface area contributed by atoms with Crippen LogP contribution in [-0.2, 0) is 9.59 Å². The smallest absolute Gasteiger partial charge is 0.256 e. The van der Waals surface area contributed by atoms with Crippen LogP contribution in [0, 0.1) is 0 Å². The maximum Gasteiger partial charge on any atom is 0.256 e. The number of hydrogen-bond donors (Lipinski definition) is 4. The lowest BCUT2D eigenvalue weighted by atomic mass is 10.0. The van der Waals surface area contributed by atoms with Gasteiger partial charge in [-0.25, -0.2) is 0 Å². The summed E-state index contributed by atoms with van der Waals surface area (Å²) in [5, 5.41) is 8.22. The van der Waals surface area contributed by atoms with Gasteiger partial charge in [0.2, 0.25) is 11.8 Å². The third kappa shape index (κ3) is 3.90. The van der Waals surface area contributed by atoms with Crippen molar-refractivity contribution in [2.75, 3.05) is 31.2 Å². The quantitative estimate of drug-likeness (QED) is 0.572. The number of hydrogen-bond acceptors (Lipinski definition) is 5. The number of likely N-dealkylation sites (tertiary alicyclic amines) is 1. The third-order valence-corrected chi connectivity index (χ3v) is 4.68. The molecule has 0 spiro atoms. The molecule has 134 valence electrons. The van der Waals surface area contributed by atoms with Crippen molar-refractivity contribution in [3.8, 4) is 0 Å². The van der Waals surface area contributed by atoms with Crippen LogP contribution in [-0.4, -0.2) is 54.8 Å². The number of carbonyl (C=O) groups is 3. The van der Waals surface area contributed by atoms with Crippen LogP contribution in [0.1, 0.15) is 29.6 Å². The molecule has 1 saturated heterocycles. The highest BCUT2D eigenvalue weighted by atomic mass is 16.2. The Balaban J connectivity index is 1.64. The minimum atomic E-state index is -0.925. The van der Waals surface area contributed by atoms with Crippen LogP contribution in [0.4, 0.5) is 11.4 Å². The number of anilines is 2. The van der Waals surface area contributed by atoms with Crippen LogP contribution < -0.4 is 21.7 Å². The van der Waals surface area contributed by atoms with Gasteiger partial charge in [0, 0.05) is 11.7 Å². The predicted octanol–water partition coefficient (Wildman–Crippen LogP) is -0.0802. The molecule has 0 aromatic heterocycles. The van der Waals surface area contributed by atoms with E-state index in [4.69, 9.17) is 5.73 Å². The van der Waals surface area contributed by atoms with E-state index >= 15 is 0 Å². The van der Waals surface area contributed by atoms with Gasteiger partial charge >= 0.3 is 0 Å². The lowest BCUT2D eigenvalue weighted by Gasteiger charge is -2.29. The molecule has 1 fully saturated rings. The van der Waals surface area contributed by atoms with Gasteiger partial charge in [-0.05, 0) is 45.1 Å². The number of nitrogens with two attached hydrogens (primary N) is 1. The third-order valence-electron chi connectivity index (χ3n) is 4.68. The fourth-order valence-corrected chi connectivity index (χ4v) is 3.21. The summed E-state index contributed by atoms with van der Waals surface area (Å²) in [7, 11) is 2.05. The molecular formula is C17H23N5O3. The summed E-state index contributed by atoms with van der Waals surface area (Å²) in [4.78, 5) is 39.2. The first-order chi connectivity index (χ1) is 11.9.